The summed E-state index contributed by atoms with van der Waals surface area (Å²) in [5, 5.41) is 0. The number of pyridine rings is 1. The van der Waals surface area contributed by atoms with E-state index in [1.54, 1.807) is 24.3 Å². The number of hydrogen-bond acceptors (Lipinski definition) is 4. The molecule has 0 amide bonds. The monoisotopic (exact) mass is 355 g/mol. The number of halogens is 3. The topological polar surface area (TPSA) is 48.4 Å². The summed E-state index contributed by atoms with van der Waals surface area (Å²) in [4.78, 5) is 14.8. The molecule has 0 saturated heterocycles. The Morgan fingerprint density at radius 3 is 2.28 bits per heavy atom. The number of carbonyl (C=O) groups is 1. The second-order valence-electron chi connectivity index (χ2n) is 4.67. The molecule has 1 aromatic carbocycles. The molecule has 4 nitrogen and oxygen atoms in total. The number of esters is 1. The van der Waals surface area contributed by atoms with Gasteiger partial charge >= 0.3 is 12.1 Å². The zero-order chi connectivity index (χ0) is 18.9. The molecule has 2 rings (SSSR count). The van der Waals surface area contributed by atoms with Gasteiger partial charge in [-0.1, -0.05) is 44.2 Å². The molecule has 0 bridgehead atoms. The van der Waals surface area contributed by atoms with E-state index >= 15 is 0 Å². The van der Waals surface area contributed by atoms with Crippen LogP contribution in [0.4, 0.5) is 13.2 Å². The number of rotatable bonds is 5. The highest BCUT2D eigenvalue weighted by Crippen LogP contribution is 2.28. The van der Waals surface area contributed by atoms with Gasteiger partial charge in [0.05, 0.1) is 13.5 Å². The minimum absolute atomic E-state index is 0.00147. The summed E-state index contributed by atoms with van der Waals surface area (Å²) in [6.45, 7) is 4.00. The number of benzene rings is 1. The summed E-state index contributed by atoms with van der Waals surface area (Å²) in [5.41, 5.74) is 0.348. The molecule has 136 valence electrons. The number of methoxy groups -OCH3 is 1. The van der Waals surface area contributed by atoms with E-state index in [-0.39, 0.29) is 18.9 Å². The van der Waals surface area contributed by atoms with Gasteiger partial charge in [0.2, 0.25) is 5.88 Å². The summed E-state index contributed by atoms with van der Waals surface area (Å²) in [6.07, 6.45) is -4.46. The predicted molar refractivity (Wildman–Crippen MR) is 87.1 cm³/mol. The first-order valence-corrected chi connectivity index (χ1v) is 7.71. The van der Waals surface area contributed by atoms with E-state index in [0.29, 0.717) is 11.1 Å². The molecule has 0 fully saturated rings. The molecule has 0 unspecified atom stereocenters. The van der Waals surface area contributed by atoms with Crippen LogP contribution in [0.3, 0.4) is 0 Å². The summed E-state index contributed by atoms with van der Waals surface area (Å²) in [5.74, 6) is -0.540. The van der Waals surface area contributed by atoms with Gasteiger partial charge in [0.15, 0.2) is 0 Å². The van der Waals surface area contributed by atoms with Gasteiger partial charge in [0.1, 0.15) is 12.3 Å². The van der Waals surface area contributed by atoms with Crippen LogP contribution >= 0.6 is 0 Å². The molecular formula is C18H20F3NO3. The van der Waals surface area contributed by atoms with Crippen LogP contribution in [0.1, 0.15) is 30.7 Å². The molecule has 1 aromatic heterocycles. The van der Waals surface area contributed by atoms with Crippen molar-refractivity contribution in [2.45, 2.75) is 33.1 Å². The fraction of sp³-hybridized carbons (Fsp3) is 0.333. The van der Waals surface area contributed by atoms with E-state index in [0.717, 1.165) is 6.07 Å². The zero-order valence-corrected chi connectivity index (χ0v) is 14.3. The van der Waals surface area contributed by atoms with Crippen molar-refractivity contribution >= 4 is 5.97 Å². The Bertz CT molecular complexity index is 687. The van der Waals surface area contributed by atoms with Gasteiger partial charge in [-0.25, -0.2) is 4.98 Å². The van der Waals surface area contributed by atoms with Gasteiger partial charge in [-0.15, -0.1) is 0 Å². The Labute approximate surface area is 144 Å². The highest BCUT2D eigenvalue weighted by Gasteiger charge is 2.32. The summed E-state index contributed by atoms with van der Waals surface area (Å²) in [6, 6.07) is 10.4. The van der Waals surface area contributed by atoms with Crippen LogP contribution < -0.4 is 4.74 Å². The lowest BCUT2D eigenvalue weighted by atomic mass is 10.1. The van der Waals surface area contributed by atoms with Crippen molar-refractivity contribution < 1.29 is 27.4 Å². The third-order valence-electron chi connectivity index (χ3n) is 3.07. The number of nitrogens with zero attached hydrogens (tertiary/aromatic N) is 1. The molecule has 2 aromatic rings. The van der Waals surface area contributed by atoms with E-state index in [1.807, 2.05) is 13.8 Å². The molecule has 0 radical (unpaired) electrons. The lowest BCUT2D eigenvalue weighted by Gasteiger charge is -2.11. The largest absolute Gasteiger partial charge is 0.473 e. The van der Waals surface area contributed by atoms with Gasteiger partial charge in [0.25, 0.3) is 0 Å². The van der Waals surface area contributed by atoms with Crippen LogP contribution in [0.25, 0.3) is 0 Å². The van der Waals surface area contributed by atoms with Crippen LogP contribution in [0.5, 0.6) is 5.88 Å². The lowest BCUT2D eigenvalue weighted by molar-refractivity contribution is -0.141. The maximum absolute atomic E-state index is 12.6. The van der Waals surface area contributed by atoms with E-state index in [9.17, 15) is 18.0 Å². The Kier molecular flexibility index (Phi) is 7.91. The van der Waals surface area contributed by atoms with Crippen LogP contribution in [0.2, 0.25) is 0 Å². The van der Waals surface area contributed by atoms with Crippen molar-refractivity contribution in [1.29, 1.82) is 0 Å². The minimum Gasteiger partial charge on any atom is -0.473 e. The zero-order valence-electron chi connectivity index (χ0n) is 14.3. The Balaban J connectivity index is 0.00000151. The maximum Gasteiger partial charge on any atom is 0.433 e. The molecule has 0 aliphatic heterocycles. The summed E-state index contributed by atoms with van der Waals surface area (Å²) in [7, 11) is 1.29. The number of aromatic nitrogens is 1. The summed E-state index contributed by atoms with van der Waals surface area (Å²) >= 11 is 0. The Morgan fingerprint density at radius 2 is 1.68 bits per heavy atom. The number of carbonyl (C=O) groups excluding carboxylic acids is 1. The normalized spacial score (nSPS) is 10.5. The fourth-order valence-electron chi connectivity index (χ4n) is 1.90. The second-order valence-corrected chi connectivity index (χ2v) is 4.67. The first-order chi connectivity index (χ1) is 11.9. The minimum atomic E-state index is -4.53. The first-order valence-electron chi connectivity index (χ1n) is 7.71. The SMILES string of the molecule is CC.COC(=O)Cc1ccccc1COc1cccc(C(F)(F)F)n1. The van der Waals surface area contributed by atoms with Gasteiger partial charge in [0, 0.05) is 6.07 Å². The Hall–Kier alpha value is -2.57. The molecule has 25 heavy (non-hydrogen) atoms. The number of hydrogen-bond donors (Lipinski definition) is 0. The quantitative estimate of drug-likeness (QED) is 0.745. The first kappa shape index (κ1) is 20.5. The van der Waals surface area contributed by atoms with Crippen molar-refractivity contribution in [3.63, 3.8) is 0 Å². The smallest absolute Gasteiger partial charge is 0.433 e. The van der Waals surface area contributed by atoms with E-state index < -0.39 is 17.8 Å². The lowest BCUT2D eigenvalue weighted by Crippen LogP contribution is -2.10. The molecule has 0 atom stereocenters. The van der Waals surface area contributed by atoms with Gasteiger partial charge in [-0.2, -0.15) is 13.2 Å². The van der Waals surface area contributed by atoms with Crippen LogP contribution in [-0.2, 0) is 28.7 Å². The highest BCUT2D eigenvalue weighted by atomic mass is 19.4. The second kappa shape index (κ2) is 9.66. The van der Waals surface area contributed by atoms with Gasteiger partial charge in [-0.05, 0) is 17.2 Å². The van der Waals surface area contributed by atoms with Crippen LogP contribution in [0, 0.1) is 0 Å². The third-order valence-corrected chi connectivity index (χ3v) is 3.07. The van der Waals surface area contributed by atoms with Crippen LogP contribution in [0.15, 0.2) is 42.5 Å². The molecule has 1 heterocycles. The standard InChI is InChI=1S/C16H14F3NO3.C2H6/c1-22-15(21)9-11-5-2-3-6-12(11)10-23-14-8-4-7-13(20-14)16(17,18)19;1-2/h2-8H,9-10H2,1H3;1-2H3. The molecule has 0 saturated carbocycles. The van der Waals surface area contributed by atoms with Crippen molar-refractivity contribution in [2.24, 2.45) is 0 Å². The van der Waals surface area contributed by atoms with E-state index in [1.165, 1.54) is 19.2 Å². The van der Waals surface area contributed by atoms with E-state index in [4.69, 9.17) is 4.74 Å². The Morgan fingerprint density at radius 1 is 1.04 bits per heavy atom. The molecule has 7 heteroatoms. The molecular weight excluding hydrogens is 335 g/mol. The molecule has 0 spiro atoms. The highest BCUT2D eigenvalue weighted by molar-refractivity contribution is 5.72. The van der Waals surface area contributed by atoms with Crippen LogP contribution in [-0.4, -0.2) is 18.1 Å². The van der Waals surface area contributed by atoms with Crippen molar-refractivity contribution in [2.75, 3.05) is 7.11 Å². The number of alkyl halides is 3. The average Bonchev–Trinajstić information content (AvgIpc) is 2.62. The molecule has 0 N–H and O–H groups in total. The molecule has 0 aliphatic carbocycles. The van der Waals surface area contributed by atoms with E-state index in [2.05, 4.69) is 9.72 Å². The summed E-state index contributed by atoms with van der Waals surface area (Å²) < 4.78 is 47.8. The van der Waals surface area contributed by atoms with Gasteiger partial charge in [-0.3, -0.25) is 4.79 Å². The van der Waals surface area contributed by atoms with Crippen molar-refractivity contribution in [3.8, 4) is 5.88 Å². The maximum atomic E-state index is 12.6. The van der Waals surface area contributed by atoms with Crippen molar-refractivity contribution in [3.05, 3.63) is 59.3 Å². The predicted octanol–water partition coefficient (Wildman–Crippen LogP) is 4.42. The fourth-order valence-corrected chi connectivity index (χ4v) is 1.90. The number of ether oxygens (including phenoxy) is 2. The average molecular weight is 355 g/mol. The van der Waals surface area contributed by atoms with Crippen molar-refractivity contribution in [1.82, 2.24) is 4.98 Å². The third kappa shape index (κ3) is 6.45. The molecule has 0 aliphatic rings. The van der Waals surface area contributed by atoms with Gasteiger partial charge < -0.3 is 9.47 Å².